The summed E-state index contributed by atoms with van der Waals surface area (Å²) in [6, 6.07) is 20.1. The normalized spacial score (nSPS) is 13.7. The zero-order valence-corrected chi connectivity index (χ0v) is 25.2. The fraction of sp³-hybridized carbons (Fsp3) is 0.394. The molecule has 6 nitrogen and oxygen atoms in total. The van der Waals surface area contributed by atoms with Gasteiger partial charge in [0.2, 0.25) is 0 Å². The van der Waals surface area contributed by atoms with Gasteiger partial charge in [-0.1, -0.05) is 61.9 Å². The third-order valence-corrected chi connectivity index (χ3v) is 8.44. The number of hydrogen-bond donors (Lipinski definition) is 1. The first-order valence-electron chi connectivity index (χ1n) is 14.4. The van der Waals surface area contributed by atoms with Crippen molar-refractivity contribution in [1.82, 2.24) is 5.32 Å². The first-order chi connectivity index (χ1) is 20.7. The molecule has 0 spiro atoms. The second kappa shape index (κ2) is 15.2. The molecule has 0 aromatic heterocycles. The highest BCUT2D eigenvalue weighted by molar-refractivity contribution is 7.99. The summed E-state index contributed by atoms with van der Waals surface area (Å²) in [7, 11) is 1.31. The molecule has 0 radical (unpaired) electrons. The van der Waals surface area contributed by atoms with Crippen LogP contribution >= 0.6 is 11.8 Å². The van der Waals surface area contributed by atoms with Crippen LogP contribution < -0.4 is 10.2 Å². The average Bonchev–Trinajstić information content (AvgIpc) is 3.00. The molecule has 1 aliphatic heterocycles. The third kappa shape index (κ3) is 9.41. The highest BCUT2D eigenvalue weighted by Crippen LogP contribution is 2.36. The van der Waals surface area contributed by atoms with Crippen LogP contribution in [0.15, 0.2) is 66.7 Å². The van der Waals surface area contributed by atoms with Gasteiger partial charge in [-0.3, -0.25) is 4.79 Å². The standard InChI is InChI=1S/C33H37F3N2O4S/c1-3-4-17-42-32(40)37-30(20-31(39)41-2)43-22-23-10-12-25(13-11-23)27-8-5-7-24(18-27)21-38-16-6-9-26-14-15-28(19-29(26)38)33(34,35)36/h5,7-8,10-15,18-19,30H,3-4,6,9,16-17,20-22H2,1-2H3,(H,37,40). The Labute approximate surface area is 254 Å². The summed E-state index contributed by atoms with van der Waals surface area (Å²) in [5.41, 5.74) is 5.04. The number of ether oxygens (including phenoxy) is 2. The van der Waals surface area contributed by atoms with Crippen molar-refractivity contribution in [3.05, 3.63) is 89.0 Å². The lowest BCUT2D eigenvalue weighted by Crippen LogP contribution is -2.35. The van der Waals surface area contributed by atoms with Gasteiger partial charge in [0.15, 0.2) is 0 Å². The predicted molar refractivity (Wildman–Crippen MR) is 164 cm³/mol. The number of hydrogen-bond acceptors (Lipinski definition) is 6. The van der Waals surface area contributed by atoms with E-state index in [4.69, 9.17) is 9.47 Å². The van der Waals surface area contributed by atoms with Crippen molar-refractivity contribution in [1.29, 1.82) is 0 Å². The highest BCUT2D eigenvalue weighted by atomic mass is 32.2. The molecule has 1 heterocycles. The molecule has 0 saturated carbocycles. The summed E-state index contributed by atoms with van der Waals surface area (Å²) in [6.07, 6.45) is -1.56. The topological polar surface area (TPSA) is 67.9 Å². The molecule has 0 aliphatic carbocycles. The van der Waals surface area contributed by atoms with Crippen LogP contribution in [0.3, 0.4) is 0 Å². The van der Waals surface area contributed by atoms with Crippen molar-refractivity contribution in [3.63, 3.8) is 0 Å². The zero-order chi connectivity index (χ0) is 30.8. The van der Waals surface area contributed by atoms with Gasteiger partial charge in [0.05, 0.1) is 31.1 Å². The van der Waals surface area contributed by atoms with Crippen LogP contribution in [0, 0.1) is 0 Å². The van der Waals surface area contributed by atoms with Crippen LogP contribution in [0.4, 0.5) is 23.7 Å². The first kappa shape index (κ1) is 32.3. The molecule has 10 heteroatoms. The Bertz CT molecular complexity index is 1380. The summed E-state index contributed by atoms with van der Waals surface area (Å²) in [5, 5.41) is 2.25. The molecule has 0 saturated heterocycles. The number of nitrogens with zero attached hydrogens (tertiary/aromatic N) is 1. The number of nitrogens with one attached hydrogen (secondary N) is 1. The van der Waals surface area contributed by atoms with E-state index in [1.54, 1.807) is 6.07 Å². The lowest BCUT2D eigenvalue weighted by atomic mass is 9.98. The van der Waals surface area contributed by atoms with Crippen molar-refractivity contribution in [2.75, 3.05) is 25.2 Å². The van der Waals surface area contributed by atoms with Crippen molar-refractivity contribution in [2.45, 2.75) is 62.9 Å². The Morgan fingerprint density at radius 3 is 2.53 bits per heavy atom. The van der Waals surface area contributed by atoms with Gasteiger partial charge in [-0.25, -0.2) is 4.79 Å². The predicted octanol–water partition coefficient (Wildman–Crippen LogP) is 7.97. The van der Waals surface area contributed by atoms with Crippen LogP contribution in [0.1, 0.15) is 54.9 Å². The van der Waals surface area contributed by atoms with Gasteiger partial charge in [-0.2, -0.15) is 13.2 Å². The molecule has 3 aromatic carbocycles. The van der Waals surface area contributed by atoms with Gasteiger partial charge in [-0.15, -0.1) is 11.8 Å². The Balaban J connectivity index is 1.40. The number of aryl methyl sites for hydroxylation is 1. The molecule has 1 aliphatic rings. The number of methoxy groups -OCH3 is 1. The van der Waals surface area contributed by atoms with E-state index in [2.05, 4.69) is 11.4 Å². The van der Waals surface area contributed by atoms with Gasteiger partial charge >= 0.3 is 18.2 Å². The minimum atomic E-state index is -4.37. The third-order valence-electron chi connectivity index (χ3n) is 7.26. The fourth-order valence-electron chi connectivity index (χ4n) is 4.92. The fourth-order valence-corrected chi connectivity index (χ4v) is 5.94. The lowest BCUT2D eigenvalue weighted by molar-refractivity contribution is -0.140. The van der Waals surface area contributed by atoms with Crippen LogP contribution in [0.2, 0.25) is 0 Å². The molecule has 4 rings (SSSR count). The maximum atomic E-state index is 13.4. The zero-order valence-electron chi connectivity index (χ0n) is 24.4. The van der Waals surface area contributed by atoms with E-state index in [0.29, 0.717) is 31.1 Å². The van der Waals surface area contributed by atoms with E-state index in [1.165, 1.54) is 31.0 Å². The second-order valence-corrected chi connectivity index (χ2v) is 11.7. The molecular weight excluding hydrogens is 577 g/mol. The SMILES string of the molecule is CCCCOC(=O)NC(CC(=O)OC)SCc1ccc(-c2cccc(CN3CCCc4ccc(C(F)(F)F)cc43)c2)cc1. The number of esters is 1. The van der Waals surface area contributed by atoms with Crippen molar-refractivity contribution in [3.8, 4) is 11.1 Å². The Hall–Kier alpha value is -3.66. The first-order valence-corrected chi connectivity index (χ1v) is 15.5. The number of unbranched alkanes of at least 4 members (excludes halogenated alkanes) is 1. The monoisotopic (exact) mass is 614 g/mol. The quantitative estimate of drug-likeness (QED) is 0.127. The molecular formula is C33H37F3N2O4S. The molecule has 0 fully saturated rings. The number of carbonyl (C=O) groups excluding carboxylic acids is 2. The number of alkyl halides is 3. The van der Waals surface area contributed by atoms with Crippen LogP contribution in [-0.2, 0) is 39.2 Å². The Kier molecular flexibility index (Phi) is 11.4. The van der Waals surface area contributed by atoms with Crippen molar-refractivity contribution < 1.29 is 32.2 Å². The molecule has 3 aromatic rings. The van der Waals surface area contributed by atoms with E-state index in [-0.39, 0.29) is 6.42 Å². The van der Waals surface area contributed by atoms with Gasteiger partial charge in [0, 0.05) is 24.5 Å². The number of benzene rings is 3. The number of thioether (sulfide) groups is 1. The summed E-state index contributed by atoms with van der Waals surface area (Å²) >= 11 is 1.42. The van der Waals surface area contributed by atoms with Gasteiger partial charge in [-0.05, 0) is 65.3 Å². The smallest absolute Gasteiger partial charge is 0.416 e. The minimum absolute atomic E-state index is 0.0218. The Morgan fingerprint density at radius 2 is 1.81 bits per heavy atom. The van der Waals surface area contributed by atoms with E-state index in [1.807, 2.05) is 54.3 Å². The lowest BCUT2D eigenvalue weighted by Gasteiger charge is -2.32. The second-order valence-electron chi connectivity index (χ2n) is 10.5. The highest BCUT2D eigenvalue weighted by Gasteiger charge is 2.32. The summed E-state index contributed by atoms with van der Waals surface area (Å²) in [5.74, 6) is 0.140. The number of alkyl carbamates (subject to hydrolysis) is 1. The summed E-state index contributed by atoms with van der Waals surface area (Å²) < 4.78 is 50.1. The Morgan fingerprint density at radius 1 is 1.02 bits per heavy atom. The van der Waals surface area contributed by atoms with Crippen molar-refractivity contribution >= 4 is 29.5 Å². The minimum Gasteiger partial charge on any atom is -0.469 e. The van der Waals surface area contributed by atoms with Crippen molar-refractivity contribution in [2.24, 2.45) is 0 Å². The molecule has 1 N–H and O–H groups in total. The molecule has 1 unspecified atom stereocenters. The maximum absolute atomic E-state index is 13.4. The van der Waals surface area contributed by atoms with E-state index >= 15 is 0 Å². The van der Waals surface area contributed by atoms with Gasteiger partial charge in [0.25, 0.3) is 0 Å². The van der Waals surface area contributed by atoms with E-state index < -0.39 is 29.2 Å². The van der Waals surface area contributed by atoms with Gasteiger partial charge < -0.3 is 19.7 Å². The number of rotatable bonds is 12. The maximum Gasteiger partial charge on any atom is 0.416 e. The molecule has 1 amide bonds. The summed E-state index contributed by atoms with van der Waals surface area (Å²) in [6.45, 7) is 3.55. The molecule has 1 atom stereocenters. The molecule has 43 heavy (non-hydrogen) atoms. The number of anilines is 1. The number of halogens is 3. The number of amides is 1. The van der Waals surface area contributed by atoms with E-state index in [9.17, 15) is 22.8 Å². The van der Waals surface area contributed by atoms with Gasteiger partial charge in [0.1, 0.15) is 0 Å². The van der Waals surface area contributed by atoms with Crippen LogP contribution in [0.5, 0.6) is 0 Å². The molecule has 0 bridgehead atoms. The average molecular weight is 615 g/mol. The largest absolute Gasteiger partial charge is 0.469 e. The summed E-state index contributed by atoms with van der Waals surface area (Å²) in [4.78, 5) is 26.0. The van der Waals surface area contributed by atoms with E-state index in [0.717, 1.165) is 53.5 Å². The van der Waals surface area contributed by atoms with Crippen LogP contribution in [0.25, 0.3) is 11.1 Å². The molecule has 230 valence electrons. The number of fused-ring (bicyclic) bond motifs is 1. The van der Waals surface area contributed by atoms with Crippen LogP contribution in [-0.4, -0.2) is 37.7 Å². The number of carbonyl (C=O) groups is 2.